The summed E-state index contributed by atoms with van der Waals surface area (Å²) in [6, 6.07) is 6.50. The number of nitrogens with zero attached hydrogens (tertiary/aromatic N) is 1. The van der Waals surface area contributed by atoms with Crippen LogP contribution in [0.4, 0.5) is 5.69 Å². The number of ether oxygens (including phenoxy) is 1. The van der Waals surface area contributed by atoms with E-state index in [-0.39, 0.29) is 23.1 Å². The molecule has 0 aliphatic rings. The van der Waals surface area contributed by atoms with E-state index >= 15 is 0 Å². The fraction of sp³-hybridized carbons (Fsp3) is 0.214. The van der Waals surface area contributed by atoms with Gasteiger partial charge in [0.2, 0.25) is 0 Å². The molecule has 2 rings (SSSR count). The predicted octanol–water partition coefficient (Wildman–Crippen LogP) is 3.04. The number of benzene rings is 1. The molecule has 2 N–H and O–H groups in total. The number of esters is 1. The molecular formula is C14H14NO5S2-. The van der Waals surface area contributed by atoms with Gasteiger partial charge in [0.05, 0.1) is 16.4 Å². The maximum Gasteiger partial charge on any atom is 0.338 e. The van der Waals surface area contributed by atoms with Gasteiger partial charge in [0, 0.05) is 9.77 Å². The molecule has 6 nitrogen and oxygen atoms in total. The van der Waals surface area contributed by atoms with E-state index in [9.17, 15) is 20.3 Å². The van der Waals surface area contributed by atoms with Gasteiger partial charge in [-0.2, -0.15) is 0 Å². The maximum absolute atomic E-state index is 12.3. The molecule has 0 spiro atoms. The summed E-state index contributed by atoms with van der Waals surface area (Å²) in [6.07, 6.45) is 0. The molecule has 0 aliphatic carbocycles. The van der Waals surface area contributed by atoms with Gasteiger partial charge in [-0.3, -0.25) is 10.4 Å². The molecular weight excluding hydrogens is 326 g/mol. The molecule has 2 aromatic rings. The van der Waals surface area contributed by atoms with Gasteiger partial charge >= 0.3 is 5.97 Å². The fourth-order valence-corrected chi connectivity index (χ4v) is 4.17. The first-order chi connectivity index (χ1) is 10.5. The zero-order valence-corrected chi connectivity index (χ0v) is 13.5. The van der Waals surface area contributed by atoms with E-state index in [2.05, 4.69) is 0 Å². The summed E-state index contributed by atoms with van der Waals surface area (Å²) in [4.78, 5) is 12.9. The van der Waals surface area contributed by atoms with Crippen LogP contribution in [0.2, 0.25) is 0 Å². The lowest BCUT2D eigenvalue weighted by atomic mass is 10.2. The standard InChI is InChI=1S/C14H15NO5S2/c1-3-20-13(17)11-8(2)21-14(12(11)16)22-10-7-5-4-6-9(10)15(18)19/h4-7,16,18-19H,3H2,1-2H3/p-1. The van der Waals surface area contributed by atoms with Crippen molar-refractivity contribution >= 4 is 34.8 Å². The average molecular weight is 340 g/mol. The summed E-state index contributed by atoms with van der Waals surface area (Å²) in [5, 5.41) is 30.7. The van der Waals surface area contributed by atoms with E-state index in [0.29, 0.717) is 14.0 Å². The second-order valence-corrected chi connectivity index (χ2v) is 6.76. The Balaban J connectivity index is 2.36. The van der Waals surface area contributed by atoms with Crippen molar-refractivity contribution in [2.75, 3.05) is 11.8 Å². The average Bonchev–Trinajstić information content (AvgIpc) is 2.74. The van der Waals surface area contributed by atoms with Crippen molar-refractivity contribution in [1.29, 1.82) is 0 Å². The van der Waals surface area contributed by atoms with Gasteiger partial charge in [-0.1, -0.05) is 29.6 Å². The van der Waals surface area contributed by atoms with Gasteiger partial charge < -0.3 is 9.84 Å². The Morgan fingerprint density at radius 1 is 1.41 bits per heavy atom. The molecule has 0 saturated carbocycles. The van der Waals surface area contributed by atoms with Crippen molar-refractivity contribution in [3.05, 3.63) is 34.7 Å². The molecule has 0 unspecified atom stereocenters. The highest BCUT2D eigenvalue weighted by Gasteiger charge is 2.18. The lowest BCUT2D eigenvalue weighted by Crippen LogP contribution is -2.11. The van der Waals surface area contributed by atoms with E-state index in [4.69, 9.17) is 4.74 Å². The van der Waals surface area contributed by atoms with Crippen LogP contribution in [0.3, 0.4) is 0 Å². The second kappa shape index (κ2) is 7.01. The Morgan fingerprint density at radius 3 is 2.73 bits per heavy atom. The van der Waals surface area contributed by atoms with Crippen molar-refractivity contribution < 1.29 is 25.1 Å². The van der Waals surface area contributed by atoms with Gasteiger partial charge in [-0.25, -0.2) is 4.79 Å². The number of hydrogen-bond acceptors (Lipinski definition) is 8. The van der Waals surface area contributed by atoms with E-state index in [1.807, 2.05) is 0 Å². The van der Waals surface area contributed by atoms with Crippen LogP contribution >= 0.6 is 23.1 Å². The molecule has 1 aromatic carbocycles. The normalized spacial score (nSPS) is 10.5. The molecule has 1 aromatic heterocycles. The van der Waals surface area contributed by atoms with Crippen LogP contribution in [0.15, 0.2) is 33.4 Å². The summed E-state index contributed by atoms with van der Waals surface area (Å²) in [5.41, 5.74) is 0.187. The Labute approximate surface area is 135 Å². The van der Waals surface area contributed by atoms with Crippen molar-refractivity contribution in [1.82, 2.24) is 0 Å². The minimum atomic E-state index is -0.632. The van der Waals surface area contributed by atoms with E-state index < -0.39 is 11.7 Å². The van der Waals surface area contributed by atoms with Gasteiger partial charge in [-0.05, 0) is 26.0 Å². The Kier molecular flexibility index (Phi) is 5.30. The second-order valence-electron chi connectivity index (χ2n) is 4.23. The van der Waals surface area contributed by atoms with Crippen molar-refractivity contribution in [3.8, 4) is 5.75 Å². The first-order valence-electron chi connectivity index (χ1n) is 6.38. The minimum absolute atomic E-state index is 0.000465. The van der Waals surface area contributed by atoms with Crippen LogP contribution in [0, 0.1) is 6.92 Å². The smallest absolute Gasteiger partial charge is 0.338 e. The van der Waals surface area contributed by atoms with Crippen LogP contribution in [0.5, 0.6) is 5.75 Å². The zero-order chi connectivity index (χ0) is 16.3. The molecule has 0 aliphatic heterocycles. The topological polar surface area (TPSA) is 93.1 Å². The van der Waals surface area contributed by atoms with Crippen LogP contribution < -0.4 is 10.3 Å². The van der Waals surface area contributed by atoms with Crippen molar-refractivity contribution in [3.63, 3.8) is 0 Å². The van der Waals surface area contributed by atoms with E-state index in [1.165, 1.54) is 17.4 Å². The third-order valence-electron chi connectivity index (χ3n) is 2.77. The summed E-state index contributed by atoms with van der Waals surface area (Å²) in [5.74, 6) is -1.03. The van der Waals surface area contributed by atoms with Crippen molar-refractivity contribution in [2.45, 2.75) is 23.0 Å². The number of anilines is 1. The largest absolute Gasteiger partial charge is 0.871 e. The number of aryl methyl sites for hydroxylation is 1. The molecule has 0 saturated heterocycles. The molecule has 22 heavy (non-hydrogen) atoms. The molecule has 8 heteroatoms. The van der Waals surface area contributed by atoms with E-state index in [1.54, 1.807) is 32.0 Å². The Bertz CT molecular complexity index is 684. The van der Waals surface area contributed by atoms with Gasteiger partial charge in [-0.15, -0.1) is 16.6 Å². The number of carbonyl (C=O) groups is 1. The van der Waals surface area contributed by atoms with Crippen LogP contribution in [0.1, 0.15) is 22.2 Å². The molecule has 0 bridgehead atoms. The molecule has 118 valence electrons. The number of hydrogen-bond donors (Lipinski definition) is 2. The SMILES string of the molecule is CCOC(=O)c1c(C)sc(Sc2ccccc2N(O)O)c1[O-]. The molecule has 0 atom stereocenters. The summed E-state index contributed by atoms with van der Waals surface area (Å²) in [6.45, 7) is 3.55. The Hall–Kier alpha value is -1.74. The highest BCUT2D eigenvalue weighted by molar-refractivity contribution is 8.01. The van der Waals surface area contributed by atoms with Crippen LogP contribution in [-0.2, 0) is 4.74 Å². The monoisotopic (exact) mass is 340 g/mol. The molecule has 0 radical (unpaired) electrons. The van der Waals surface area contributed by atoms with Gasteiger partial charge in [0.1, 0.15) is 5.69 Å². The number of carbonyl (C=O) groups excluding carboxylic acids is 1. The maximum atomic E-state index is 12.3. The molecule has 0 fully saturated rings. The first kappa shape index (κ1) is 16.6. The van der Waals surface area contributed by atoms with Gasteiger partial charge in [0.25, 0.3) is 0 Å². The zero-order valence-electron chi connectivity index (χ0n) is 11.9. The van der Waals surface area contributed by atoms with Crippen LogP contribution in [0.25, 0.3) is 0 Å². The number of para-hydroxylation sites is 1. The quantitative estimate of drug-likeness (QED) is 0.638. The van der Waals surface area contributed by atoms with Gasteiger partial charge in [0.15, 0.2) is 0 Å². The number of rotatable bonds is 5. The first-order valence-corrected chi connectivity index (χ1v) is 8.01. The number of thiophene rings is 1. The highest BCUT2D eigenvalue weighted by atomic mass is 32.2. The Morgan fingerprint density at radius 2 is 2.09 bits per heavy atom. The summed E-state index contributed by atoms with van der Waals surface area (Å²) >= 11 is 2.25. The van der Waals surface area contributed by atoms with Crippen LogP contribution in [-0.4, -0.2) is 23.0 Å². The molecule has 1 heterocycles. The third-order valence-corrected chi connectivity index (χ3v) is 5.09. The minimum Gasteiger partial charge on any atom is -0.871 e. The van der Waals surface area contributed by atoms with Crippen molar-refractivity contribution in [2.24, 2.45) is 0 Å². The fourth-order valence-electron chi connectivity index (χ4n) is 1.81. The lowest BCUT2D eigenvalue weighted by Gasteiger charge is -2.14. The predicted molar refractivity (Wildman–Crippen MR) is 81.1 cm³/mol. The molecule has 0 amide bonds. The summed E-state index contributed by atoms with van der Waals surface area (Å²) < 4.78 is 5.26. The summed E-state index contributed by atoms with van der Waals surface area (Å²) in [7, 11) is 0. The lowest BCUT2D eigenvalue weighted by molar-refractivity contribution is -0.272. The highest BCUT2D eigenvalue weighted by Crippen LogP contribution is 2.45. The third kappa shape index (κ3) is 3.36. The van der Waals surface area contributed by atoms with E-state index in [0.717, 1.165) is 11.8 Å².